The van der Waals surface area contributed by atoms with Gasteiger partial charge in [-0.2, -0.15) is 0 Å². The summed E-state index contributed by atoms with van der Waals surface area (Å²) in [5.74, 6) is 0.168. The highest BCUT2D eigenvalue weighted by Gasteiger charge is 2.08. The molecule has 15 heavy (non-hydrogen) atoms. The number of ether oxygens (including phenoxy) is 1. The van der Waals surface area contributed by atoms with Crippen molar-refractivity contribution in [3.63, 3.8) is 0 Å². The Bertz CT molecular complexity index is 342. The first-order chi connectivity index (χ1) is 7.15. The average molecular weight is 206 g/mol. The van der Waals surface area contributed by atoms with Gasteiger partial charge in [0.1, 0.15) is 0 Å². The van der Waals surface area contributed by atoms with Crippen LogP contribution in [0.5, 0.6) is 0 Å². The van der Waals surface area contributed by atoms with E-state index in [9.17, 15) is 4.79 Å². The maximum Gasteiger partial charge on any atom is 0.165 e. The standard InChI is InChI=1S/C13H18O2/c1-4-15-8-7-13(14)12-6-5-10(2)9-11(12)3/h5-6,9H,4,7-8H2,1-3H3. The first-order valence-corrected chi connectivity index (χ1v) is 5.33. The fraction of sp³-hybridized carbons (Fsp3) is 0.462. The predicted molar refractivity (Wildman–Crippen MR) is 61.4 cm³/mol. The van der Waals surface area contributed by atoms with Crippen molar-refractivity contribution in [2.75, 3.05) is 13.2 Å². The molecule has 0 aliphatic carbocycles. The maximum atomic E-state index is 11.8. The van der Waals surface area contributed by atoms with E-state index in [1.54, 1.807) is 0 Å². The second-order valence-corrected chi connectivity index (χ2v) is 3.69. The molecule has 1 aromatic carbocycles. The van der Waals surface area contributed by atoms with Crippen LogP contribution in [-0.4, -0.2) is 19.0 Å². The molecule has 0 saturated heterocycles. The molecule has 82 valence electrons. The second-order valence-electron chi connectivity index (χ2n) is 3.69. The number of Topliss-reactive ketones (excluding diaryl/α,β-unsaturated/α-hetero) is 1. The van der Waals surface area contributed by atoms with Crippen LogP contribution < -0.4 is 0 Å². The van der Waals surface area contributed by atoms with Crippen LogP contribution in [-0.2, 0) is 4.74 Å². The van der Waals surface area contributed by atoms with Crippen molar-refractivity contribution in [3.05, 3.63) is 34.9 Å². The van der Waals surface area contributed by atoms with E-state index in [1.807, 2.05) is 39.0 Å². The van der Waals surface area contributed by atoms with E-state index in [-0.39, 0.29) is 5.78 Å². The van der Waals surface area contributed by atoms with Crippen LogP contribution in [0.2, 0.25) is 0 Å². The van der Waals surface area contributed by atoms with Gasteiger partial charge in [0.05, 0.1) is 6.61 Å². The van der Waals surface area contributed by atoms with E-state index in [1.165, 1.54) is 5.56 Å². The molecule has 0 heterocycles. The lowest BCUT2D eigenvalue weighted by molar-refractivity contribution is 0.0895. The van der Waals surface area contributed by atoms with Crippen molar-refractivity contribution in [1.82, 2.24) is 0 Å². The largest absolute Gasteiger partial charge is 0.381 e. The Hall–Kier alpha value is -1.15. The Balaban J connectivity index is 2.65. The molecule has 0 fully saturated rings. The number of carbonyl (C=O) groups is 1. The van der Waals surface area contributed by atoms with Crippen LogP contribution in [0.1, 0.15) is 34.8 Å². The van der Waals surface area contributed by atoms with Gasteiger partial charge in [0.25, 0.3) is 0 Å². The fourth-order valence-corrected chi connectivity index (χ4v) is 1.57. The summed E-state index contributed by atoms with van der Waals surface area (Å²) >= 11 is 0. The number of rotatable bonds is 5. The molecule has 2 nitrogen and oxygen atoms in total. The van der Waals surface area contributed by atoms with Gasteiger partial charge >= 0.3 is 0 Å². The van der Waals surface area contributed by atoms with Gasteiger partial charge in [0, 0.05) is 18.6 Å². The lowest BCUT2D eigenvalue weighted by atomic mass is 10.0. The quantitative estimate of drug-likeness (QED) is 0.547. The van der Waals surface area contributed by atoms with Crippen molar-refractivity contribution in [2.45, 2.75) is 27.2 Å². The first kappa shape index (κ1) is 11.9. The number of carbonyl (C=O) groups excluding carboxylic acids is 1. The molecular weight excluding hydrogens is 188 g/mol. The highest BCUT2D eigenvalue weighted by Crippen LogP contribution is 2.12. The zero-order chi connectivity index (χ0) is 11.3. The highest BCUT2D eigenvalue weighted by atomic mass is 16.5. The maximum absolute atomic E-state index is 11.8. The molecule has 0 N–H and O–H groups in total. The van der Waals surface area contributed by atoms with Crippen molar-refractivity contribution < 1.29 is 9.53 Å². The van der Waals surface area contributed by atoms with Crippen molar-refractivity contribution in [2.24, 2.45) is 0 Å². The van der Waals surface area contributed by atoms with E-state index in [0.29, 0.717) is 19.6 Å². The molecule has 1 rings (SSSR count). The number of benzene rings is 1. The van der Waals surface area contributed by atoms with E-state index < -0.39 is 0 Å². The van der Waals surface area contributed by atoms with E-state index in [4.69, 9.17) is 4.74 Å². The molecule has 0 atom stereocenters. The summed E-state index contributed by atoms with van der Waals surface area (Å²) in [5.41, 5.74) is 3.06. The van der Waals surface area contributed by atoms with Gasteiger partial charge in [-0.05, 0) is 26.3 Å². The Morgan fingerprint density at radius 2 is 2.07 bits per heavy atom. The number of hydrogen-bond donors (Lipinski definition) is 0. The zero-order valence-electron chi connectivity index (χ0n) is 9.67. The average Bonchev–Trinajstić information content (AvgIpc) is 2.17. The van der Waals surface area contributed by atoms with Gasteiger partial charge in [0.2, 0.25) is 0 Å². The smallest absolute Gasteiger partial charge is 0.165 e. The summed E-state index contributed by atoms with van der Waals surface area (Å²) in [4.78, 5) is 11.8. The van der Waals surface area contributed by atoms with Crippen LogP contribution >= 0.6 is 0 Å². The lowest BCUT2D eigenvalue weighted by Gasteiger charge is -2.05. The van der Waals surface area contributed by atoms with Crippen LogP contribution in [0.3, 0.4) is 0 Å². The third-order valence-corrected chi connectivity index (χ3v) is 2.36. The van der Waals surface area contributed by atoms with E-state index in [0.717, 1.165) is 11.1 Å². The first-order valence-electron chi connectivity index (χ1n) is 5.33. The summed E-state index contributed by atoms with van der Waals surface area (Å²) in [6.07, 6.45) is 0.470. The van der Waals surface area contributed by atoms with Crippen LogP contribution in [0.15, 0.2) is 18.2 Å². The van der Waals surface area contributed by atoms with E-state index in [2.05, 4.69) is 0 Å². The van der Waals surface area contributed by atoms with Gasteiger partial charge in [-0.15, -0.1) is 0 Å². The van der Waals surface area contributed by atoms with Gasteiger partial charge in [-0.3, -0.25) is 4.79 Å². The third kappa shape index (κ3) is 3.48. The summed E-state index contributed by atoms with van der Waals surface area (Å²) in [6.45, 7) is 7.12. The van der Waals surface area contributed by atoms with Crippen LogP contribution in [0, 0.1) is 13.8 Å². The second kappa shape index (κ2) is 5.66. The molecule has 0 saturated carbocycles. The van der Waals surface area contributed by atoms with Gasteiger partial charge in [-0.1, -0.05) is 23.8 Å². The molecule has 0 aliphatic heterocycles. The minimum absolute atomic E-state index is 0.168. The topological polar surface area (TPSA) is 26.3 Å². The number of hydrogen-bond acceptors (Lipinski definition) is 2. The molecule has 0 aliphatic rings. The molecule has 0 unspecified atom stereocenters. The molecular formula is C13H18O2. The fourth-order valence-electron chi connectivity index (χ4n) is 1.57. The van der Waals surface area contributed by atoms with Gasteiger partial charge < -0.3 is 4.74 Å². The van der Waals surface area contributed by atoms with E-state index >= 15 is 0 Å². The summed E-state index contributed by atoms with van der Waals surface area (Å²) in [6, 6.07) is 5.91. The molecule has 0 radical (unpaired) electrons. The number of ketones is 1. The van der Waals surface area contributed by atoms with Crippen LogP contribution in [0.25, 0.3) is 0 Å². The molecule has 0 spiro atoms. The third-order valence-electron chi connectivity index (χ3n) is 2.36. The molecule has 0 aromatic heterocycles. The normalized spacial score (nSPS) is 10.3. The molecule has 0 bridgehead atoms. The lowest BCUT2D eigenvalue weighted by Crippen LogP contribution is -2.06. The monoisotopic (exact) mass is 206 g/mol. The summed E-state index contributed by atoms with van der Waals surface area (Å²) in [7, 11) is 0. The summed E-state index contributed by atoms with van der Waals surface area (Å²) in [5, 5.41) is 0. The Kier molecular flexibility index (Phi) is 4.50. The highest BCUT2D eigenvalue weighted by molar-refractivity contribution is 5.97. The molecule has 0 amide bonds. The predicted octanol–water partition coefficient (Wildman–Crippen LogP) is 2.91. The summed E-state index contributed by atoms with van der Waals surface area (Å²) < 4.78 is 5.17. The molecule has 1 aromatic rings. The zero-order valence-corrected chi connectivity index (χ0v) is 9.67. The minimum atomic E-state index is 0.168. The minimum Gasteiger partial charge on any atom is -0.381 e. The van der Waals surface area contributed by atoms with Crippen molar-refractivity contribution >= 4 is 5.78 Å². The van der Waals surface area contributed by atoms with Crippen molar-refractivity contribution in [1.29, 1.82) is 0 Å². The van der Waals surface area contributed by atoms with Crippen molar-refractivity contribution in [3.8, 4) is 0 Å². The number of aryl methyl sites for hydroxylation is 2. The van der Waals surface area contributed by atoms with Crippen LogP contribution in [0.4, 0.5) is 0 Å². The Morgan fingerprint density at radius 1 is 1.33 bits per heavy atom. The van der Waals surface area contributed by atoms with Gasteiger partial charge in [-0.25, -0.2) is 0 Å². The Morgan fingerprint density at radius 3 is 2.67 bits per heavy atom. The van der Waals surface area contributed by atoms with Gasteiger partial charge in [0.15, 0.2) is 5.78 Å². The SMILES string of the molecule is CCOCCC(=O)c1ccc(C)cc1C. The molecule has 2 heteroatoms. The Labute approximate surface area is 91.3 Å².